The Labute approximate surface area is 113 Å². The van der Waals surface area contributed by atoms with Crippen molar-refractivity contribution in [2.24, 2.45) is 0 Å². The Morgan fingerprint density at radius 1 is 1.16 bits per heavy atom. The van der Waals surface area contributed by atoms with E-state index in [1.54, 1.807) is 0 Å². The average molecular weight is 255 g/mol. The summed E-state index contributed by atoms with van der Waals surface area (Å²) in [5.41, 5.74) is 2.24. The van der Waals surface area contributed by atoms with Crippen LogP contribution in [0, 0.1) is 0 Å². The Balaban J connectivity index is 1.96. The standard InChI is InChI=1S/C15H17N3O/c1-3-18(4-2)15-16-10-12-9-11-7-5-6-8-13(11)19-14(12)17-15/h5-8,10H,3-4,9H2,1-2H3. The molecule has 98 valence electrons. The maximum atomic E-state index is 5.88. The molecule has 1 aromatic heterocycles. The van der Waals surface area contributed by atoms with E-state index < -0.39 is 0 Å². The van der Waals surface area contributed by atoms with Crippen LogP contribution in [0.5, 0.6) is 11.6 Å². The van der Waals surface area contributed by atoms with E-state index in [9.17, 15) is 0 Å². The molecule has 1 aromatic carbocycles. The van der Waals surface area contributed by atoms with Gasteiger partial charge in [0.05, 0.1) is 0 Å². The summed E-state index contributed by atoms with van der Waals surface area (Å²) in [6.45, 7) is 5.99. The van der Waals surface area contributed by atoms with Gasteiger partial charge in [-0.3, -0.25) is 0 Å². The minimum absolute atomic E-state index is 0.690. The Morgan fingerprint density at radius 3 is 2.74 bits per heavy atom. The first-order chi connectivity index (χ1) is 9.31. The van der Waals surface area contributed by atoms with Gasteiger partial charge < -0.3 is 9.64 Å². The van der Waals surface area contributed by atoms with Crippen molar-refractivity contribution in [3.8, 4) is 11.6 Å². The fourth-order valence-corrected chi connectivity index (χ4v) is 2.31. The SMILES string of the molecule is CCN(CC)c1ncc2c(n1)Oc1ccccc1C2. The Kier molecular flexibility index (Phi) is 3.07. The number of aromatic nitrogens is 2. The summed E-state index contributed by atoms with van der Waals surface area (Å²) in [5, 5.41) is 0. The monoisotopic (exact) mass is 255 g/mol. The van der Waals surface area contributed by atoms with Gasteiger partial charge in [-0.2, -0.15) is 4.98 Å². The number of anilines is 1. The molecule has 4 nitrogen and oxygen atoms in total. The third-order valence-electron chi connectivity index (χ3n) is 3.42. The van der Waals surface area contributed by atoms with Crippen molar-refractivity contribution in [1.29, 1.82) is 0 Å². The molecule has 19 heavy (non-hydrogen) atoms. The topological polar surface area (TPSA) is 38.2 Å². The summed E-state index contributed by atoms with van der Waals surface area (Å²) in [7, 11) is 0. The van der Waals surface area contributed by atoms with E-state index in [4.69, 9.17) is 4.74 Å². The van der Waals surface area contributed by atoms with Crippen LogP contribution in [0.25, 0.3) is 0 Å². The van der Waals surface area contributed by atoms with E-state index in [1.165, 1.54) is 5.56 Å². The van der Waals surface area contributed by atoms with Crippen LogP contribution < -0.4 is 9.64 Å². The van der Waals surface area contributed by atoms with Crippen LogP contribution in [0.4, 0.5) is 5.95 Å². The number of benzene rings is 1. The van der Waals surface area contributed by atoms with Gasteiger partial charge in [0.25, 0.3) is 0 Å². The van der Waals surface area contributed by atoms with Crippen molar-refractivity contribution in [1.82, 2.24) is 9.97 Å². The highest BCUT2D eigenvalue weighted by molar-refractivity contribution is 5.48. The first kappa shape index (κ1) is 12.0. The summed E-state index contributed by atoms with van der Waals surface area (Å²) >= 11 is 0. The molecule has 0 radical (unpaired) electrons. The van der Waals surface area contributed by atoms with Crippen molar-refractivity contribution in [2.45, 2.75) is 20.3 Å². The van der Waals surface area contributed by atoms with Gasteiger partial charge in [-0.25, -0.2) is 4.98 Å². The highest BCUT2D eigenvalue weighted by Gasteiger charge is 2.19. The molecule has 1 aliphatic heterocycles. The molecule has 1 aliphatic rings. The predicted molar refractivity (Wildman–Crippen MR) is 74.9 cm³/mol. The highest BCUT2D eigenvalue weighted by Crippen LogP contribution is 2.35. The summed E-state index contributed by atoms with van der Waals surface area (Å²) in [6, 6.07) is 8.07. The van der Waals surface area contributed by atoms with Gasteiger partial charge in [0.2, 0.25) is 11.8 Å². The number of fused-ring (bicyclic) bond motifs is 2. The highest BCUT2D eigenvalue weighted by atomic mass is 16.5. The van der Waals surface area contributed by atoms with E-state index in [2.05, 4.69) is 34.8 Å². The number of hydrogen-bond acceptors (Lipinski definition) is 4. The van der Waals surface area contributed by atoms with Crippen LogP contribution in [0.1, 0.15) is 25.0 Å². The Morgan fingerprint density at radius 2 is 1.95 bits per heavy atom. The lowest BCUT2D eigenvalue weighted by Crippen LogP contribution is -2.24. The molecule has 0 amide bonds. The average Bonchev–Trinajstić information content (AvgIpc) is 2.46. The van der Waals surface area contributed by atoms with Crippen LogP contribution >= 0.6 is 0 Å². The number of rotatable bonds is 3. The zero-order valence-electron chi connectivity index (χ0n) is 11.3. The minimum Gasteiger partial charge on any atom is -0.438 e. The molecule has 0 bridgehead atoms. The van der Waals surface area contributed by atoms with Gasteiger partial charge in [0.1, 0.15) is 5.75 Å². The summed E-state index contributed by atoms with van der Waals surface area (Å²) < 4.78 is 5.88. The molecule has 0 atom stereocenters. The van der Waals surface area contributed by atoms with Gasteiger partial charge in [-0.05, 0) is 25.5 Å². The lowest BCUT2D eigenvalue weighted by molar-refractivity contribution is 0.438. The van der Waals surface area contributed by atoms with Crippen LogP contribution in [0.3, 0.4) is 0 Å². The quantitative estimate of drug-likeness (QED) is 0.721. The summed E-state index contributed by atoms with van der Waals surface area (Å²) in [6.07, 6.45) is 2.72. The maximum absolute atomic E-state index is 5.88. The molecule has 0 N–H and O–H groups in total. The molecular weight excluding hydrogens is 238 g/mol. The zero-order chi connectivity index (χ0) is 13.2. The van der Waals surface area contributed by atoms with Gasteiger partial charge in [-0.1, -0.05) is 18.2 Å². The predicted octanol–water partition coefficient (Wildman–Crippen LogP) is 3.02. The van der Waals surface area contributed by atoms with Crippen LogP contribution in [-0.2, 0) is 6.42 Å². The molecule has 0 spiro atoms. The van der Waals surface area contributed by atoms with Crippen molar-refractivity contribution in [3.63, 3.8) is 0 Å². The Hall–Kier alpha value is -2.10. The van der Waals surface area contributed by atoms with Crippen LogP contribution in [0.2, 0.25) is 0 Å². The first-order valence-corrected chi connectivity index (χ1v) is 6.68. The zero-order valence-corrected chi connectivity index (χ0v) is 11.3. The third kappa shape index (κ3) is 2.14. The van der Waals surface area contributed by atoms with Crippen LogP contribution in [-0.4, -0.2) is 23.1 Å². The van der Waals surface area contributed by atoms with E-state index in [1.807, 2.05) is 24.4 Å². The normalized spacial score (nSPS) is 12.3. The largest absolute Gasteiger partial charge is 0.438 e. The Bertz CT molecular complexity index is 594. The van der Waals surface area contributed by atoms with E-state index in [0.717, 1.165) is 36.8 Å². The van der Waals surface area contributed by atoms with Crippen molar-refractivity contribution in [3.05, 3.63) is 41.6 Å². The van der Waals surface area contributed by atoms with Crippen molar-refractivity contribution in [2.75, 3.05) is 18.0 Å². The molecule has 2 heterocycles. The van der Waals surface area contributed by atoms with E-state index in [0.29, 0.717) is 5.88 Å². The van der Waals surface area contributed by atoms with Crippen molar-refractivity contribution >= 4 is 5.95 Å². The van der Waals surface area contributed by atoms with Crippen LogP contribution in [0.15, 0.2) is 30.5 Å². The van der Waals surface area contributed by atoms with E-state index >= 15 is 0 Å². The molecule has 0 fully saturated rings. The lowest BCUT2D eigenvalue weighted by atomic mass is 10.0. The van der Waals surface area contributed by atoms with Crippen molar-refractivity contribution < 1.29 is 4.74 Å². The second-order valence-corrected chi connectivity index (χ2v) is 4.56. The molecule has 0 unspecified atom stereocenters. The second-order valence-electron chi connectivity index (χ2n) is 4.56. The van der Waals surface area contributed by atoms with Gasteiger partial charge in [0.15, 0.2) is 0 Å². The number of nitrogens with zero attached hydrogens (tertiary/aromatic N) is 3. The third-order valence-corrected chi connectivity index (χ3v) is 3.42. The fraction of sp³-hybridized carbons (Fsp3) is 0.333. The molecule has 4 heteroatoms. The summed E-state index contributed by atoms with van der Waals surface area (Å²) in [4.78, 5) is 11.1. The smallest absolute Gasteiger partial charge is 0.228 e. The second kappa shape index (κ2) is 4.88. The molecular formula is C15H17N3O. The molecule has 0 saturated heterocycles. The van der Waals surface area contributed by atoms with Gasteiger partial charge in [0, 0.05) is 31.3 Å². The number of hydrogen-bond donors (Lipinski definition) is 0. The molecule has 3 rings (SSSR count). The maximum Gasteiger partial charge on any atom is 0.228 e. The summed E-state index contributed by atoms with van der Waals surface area (Å²) in [5.74, 6) is 2.33. The van der Waals surface area contributed by atoms with Gasteiger partial charge in [-0.15, -0.1) is 0 Å². The minimum atomic E-state index is 0.690. The lowest BCUT2D eigenvalue weighted by Gasteiger charge is -2.22. The molecule has 2 aromatic rings. The number of ether oxygens (including phenoxy) is 1. The first-order valence-electron chi connectivity index (χ1n) is 6.68. The van der Waals surface area contributed by atoms with Gasteiger partial charge >= 0.3 is 0 Å². The molecule has 0 saturated carbocycles. The van der Waals surface area contributed by atoms with E-state index in [-0.39, 0.29) is 0 Å². The molecule has 0 aliphatic carbocycles. The fourth-order valence-electron chi connectivity index (χ4n) is 2.31. The number of para-hydroxylation sites is 1.